The number of fused-ring (bicyclic) bond motifs is 6. The molecule has 0 radical (unpaired) electrons. The maximum Gasteiger partial charge on any atom is 0.416 e. The SMILES string of the molecule is Cc1ccc(-c2ccc3c(c2)c2cc(-c4ccc(C)cc4C)ccc2n3-c2ccc(C(F)(F)F)cc2-c2cccc(C#N)c2-n2c3ccc(-c4ccc(C)cc4C)cc3c3cc(-c4ccc(C)cc4C)ccc32)c(C)c1. The van der Waals surface area contributed by atoms with E-state index in [1.807, 2.05) is 6.07 Å². The minimum Gasteiger partial charge on any atom is -0.309 e. The molecule has 12 aromatic rings. The Morgan fingerprint density at radius 3 is 1.07 bits per heavy atom. The molecule has 0 amide bonds. The average molecular weight is 994 g/mol. The van der Waals surface area contributed by atoms with E-state index in [-0.39, 0.29) is 0 Å². The first-order chi connectivity index (χ1) is 36.5. The van der Waals surface area contributed by atoms with Gasteiger partial charge in [-0.1, -0.05) is 131 Å². The van der Waals surface area contributed by atoms with Crippen molar-refractivity contribution in [3.63, 3.8) is 0 Å². The molecule has 2 aromatic heterocycles. The summed E-state index contributed by atoms with van der Waals surface area (Å²) in [6.07, 6.45) is -4.66. The summed E-state index contributed by atoms with van der Waals surface area (Å²) < 4.78 is 50.2. The molecular weight excluding hydrogens is 940 g/mol. The van der Waals surface area contributed by atoms with Crippen LogP contribution in [0.4, 0.5) is 13.2 Å². The molecule has 3 nitrogen and oxygen atoms in total. The van der Waals surface area contributed by atoms with Crippen molar-refractivity contribution in [3.8, 4) is 73.1 Å². The fourth-order valence-corrected chi connectivity index (χ4v) is 12.0. The van der Waals surface area contributed by atoms with Gasteiger partial charge in [0.05, 0.1) is 44.6 Å². The lowest BCUT2D eigenvalue weighted by atomic mass is 9.95. The fraction of sp³-hybridized carbons (Fsp3) is 0.129. The lowest BCUT2D eigenvalue weighted by molar-refractivity contribution is -0.137. The molecule has 10 aromatic carbocycles. The summed E-state index contributed by atoms with van der Waals surface area (Å²) in [5, 5.41) is 15.1. The zero-order chi connectivity index (χ0) is 52.9. The Morgan fingerprint density at radius 2 is 0.724 bits per heavy atom. The van der Waals surface area contributed by atoms with E-state index < -0.39 is 11.7 Å². The van der Waals surface area contributed by atoms with Crippen LogP contribution in [0.2, 0.25) is 0 Å². The highest BCUT2D eigenvalue weighted by molar-refractivity contribution is 6.14. The second-order valence-corrected chi connectivity index (χ2v) is 20.9. The van der Waals surface area contributed by atoms with Gasteiger partial charge in [-0.25, -0.2) is 0 Å². The van der Waals surface area contributed by atoms with Gasteiger partial charge in [0, 0.05) is 32.7 Å². The smallest absolute Gasteiger partial charge is 0.309 e. The van der Waals surface area contributed by atoms with Gasteiger partial charge < -0.3 is 9.13 Å². The summed E-state index contributed by atoms with van der Waals surface area (Å²) >= 11 is 0. The van der Waals surface area contributed by atoms with Gasteiger partial charge in [-0.15, -0.1) is 0 Å². The first kappa shape index (κ1) is 48.0. The predicted molar refractivity (Wildman–Crippen MR) is 310 cm³/mol. The largest absolute Gasteiger partial charge is 0.416 e. The van der Waals surface area contributed by atoms with E-state index in [0.717, 1.165) is 110 Å². The molecule has 76 heavy (non-hydrogen) atoms. The zero-order valence-electron chi connectivity index (χ0n) is 43.8. The molecule has 0 aliphatic carbocycles. The van der Waals surface area contributed by atoms with Crippen LogP contribution >= 0.6 is 0 Å². The Kier molecular flexibility index (Phi) is 11.5. The summed E-state index contributed by atoms with van der Waals surface area (Å²) in [6, 6.07) is 63.6. The molecule has 370 valence electrons. The molecule has 0 atom stereocenters. The van der Waals surface area contributed by atoms with Crippen LogP contribution in [-0.4, -0.2) is 9.13 Å². The maximum absolute atomic E-state index is 15.3. The van der Waals surface area contributed by atoms with Gasteiger partial charge in [-0.2, -0.15) is 18.4 Å². The Bertz CT molecular complexity index is 4220. The third kappa shape index (κ3) is 8.06. The minimum atomic E-state index is -4.66. The molecule has 0 saturated carbocycles. The average Bonchev–Trinajstić information content (AvgIpc) is 3.94. The summed E-state index contributed by atoms with van der Waals surface area (Å²) in [6.45, 7) is 16.9. The van der Waals surface area contributed by atoms with Gasteiger partial charge in [-0.05, 0) is 195 Å². The first-order valence-electron chi connectivity index (χ1n) is 25.8. The Hall–Kier alpha value is -8.92. The van der Waals surface area contributed by atoms with E-state index in [1.165, 1.54) is 34.4 Å². The van der Waals surface area contributed by atoms with Crippen LogP contribution in [0, 0.1) is 66.7 Å². The molecule has 0 spiro atoms. The maximum atomic E-state index is 15.3. The van der Waals surface area contributed by atoms with E-state index in [0.29, 0.717) is 28.1 Å². The van der Waals surface area contributed by atoms with E-state index in [2.05, 4.69) is 216 Å². The number of benzene rings is 10. The predicted octanol–water partition coefficient (Wildman–Crippen LogP) is 19.6. The molecule has 2 heterocycles. The molecule has 0 bridgehead atoms. The lowest BCUT2D eigenvalue weighted by Gasteiger charge is -2.21. The van der Waals surface area contributed by atoms with E-state index in [4.69, 9.17) is 0 Å². The number of alkyl halides is 3. The van der Waals surface area contributed by atoms with Gasteiger partial charge in [0.15, 0.2) is 0 Å². The Balaban J connectivity index is 1.16. The number of halogens is 3. The molecule has 0 N–H and O–H groups in total. The van der Waals surface area contributed by atoms with E-state index in [1.54, 1.807) is 18.2 Å². The van der Waals surface area contributed by atoms with Crippen LogP contribution in [0.5, 0.6) is 0 Å². The fourth-order valence-electron chi connectivity index (χ4n) is 12.0. The van der Waals surface area contributed by atoms with Crippen molar-refractivity contribution in [3.05, 3.63) is 238 Å². The van der Waals surface area contributed by atoms with Crippen LogP contribution in [0.15, 0.2) is 182 Å². The highest BCUT2D eigenvalue weighted by Gasteiger charge is 2.33. The molecular formula is C70H54F3N3. The Labute approximate surface area is 441 Å². The third-order valence-corrected chi connectivity index (χ3v) is 15.5. The number of nitriles is 1. The molecule has 0 fully saturated rings. The minimum absolute atomic E-state index is 0.329. The lowest BCUT2D eigenvalue weighted by Crippen LogP contribution is -2.08. The number of nitrogens with zero attached hydrogens (tertiary/aromatic N) is 3. The van der Waals surface area contributed by atoms with Gasteiger partial charge in [0.25, 0.3) is 0 Å². The van der Waals surface area contributed by atoms with Crippen LogP contribution in [0.25, 0.3) is 111 Å². The summed E-state index contributed by atoms with van der Waals surface area (Å²) in [4.78, 5) is 0. The monoisotopic (exact) mass is 993 g/mol. The zero-order valence-corrected chi connectivity index (χ0v) is 43.8. The number of hydrogen-bond donors (Lipinski definition) is 0. The molecule has 12 rings (SSSR count). The van der Waals surface area contributed by atoms with Crippen molar-refractivity contribution in [1.82, 2.24) is 9.13 Å². The van der Waals surface area contributed by atoms with Crippen molar-refractivity contribution < 1.29 is 13.2 Å². The number of hydrogen-bond acceptors (Lipinski definition) is 1. The van der Waals surface area contributed by atoms with Gasteiger partial charge in [-0.3, -0.25) is 0 Å². The van der Waals surface area contributed by atoms with Crippen molar-refractivity contribution in [1.29, 1.82) is 5.26 Å². The quantitative estimate of drug-likeness (QED) is 0.157. The third-order valence-electron chi connectivity index (χ3n) is 15.5. The Morgan fingerprint density at radius 1 is 0.355 bits per heavy atom. The molecule has 6 heteroatoms. The molecule has 0 unspecified atom stereocenters. The molecule has 0 aliphatic heterocycles. The summed E-state index contributed by atoms with van der Waals surface area (Å²) in [5.41, 5.74) is 22.7. The number of aromatic nitrogens is 2. The van der Waals surface area contributed by atoms with Gasteiger partial charge in [0.1, 0.15) is 6.07 Å². The van der Waals surface area contributed by atoms with E-state index >= 15 is 13.2 Å². The number of para-hydroxylation sites is 1. The van der Waals surface area contributed by atoms with Crippen LogP contribution in [0.1, 0.15) is 55.6 Å². The summed E-state index contributed by atoms with van der Waals surface area (Å²) in [7, 11) is 0. The van der Waals surface area contributed by atoms with Crippen LogP contribution < -0.4 is 0 Å². The molecule has 0 aliphatic rings. The second kappa shape index (κ2) is 18.2. The van der Waals surface area contributed by atoms with Crippen molar-refractivity contribution in [2.75, 3.05) is 0 Å². The van der Waals surface area contributed by atoms with Crippen molar-refractivity contribution >= 4 is 43.6 Å². The molecule has 0 saturated heterocycles. The van der Waals surface area contributed by atoms with Crippen molar-refractivity contribution in [2.24, 2.45) is 0 Å². The van der Waals surface area contributed by atoms with Crippen LogP contribution in [-0.2, 0) is 6.18 Å². The van der Waals surface area contributed by atoms with Gasteiger partial charge in [0.2, 0.25) is 0 Å². The first-order valence-corrected chi connectivity index (χ1v) is 25.8. The van der Waals surface area contributed by atoms with Crippen molar-refractivity contribution in [2.45, 2.75) is 61.6 Å². The van der Waals surface area contributed by atoms with E-state index in [9.17, 15) is 5.26 Å². The van der Waals surface area contributed by atoms with Gasteiger partial charge >= 0.3 is 6.18 Å². The normalized spacial score (nSPS) is 11.9. The number of rotatable bonds is 7. The number of aryl methyl sites for hydroxylation is 8. The van der Waals surface area contributed by atoms with Crippen LogP contribution in [0.3, 0.4) is 0 Å². The highest BCUT2D eigenvalue weighted by atomic mass is 19.4. The summed E-state index contributed by atoms with van der Waals surface area (Å²) in [5.74, 6) is 0. The standard InChI is InChI=1S/C70H54F3N3/c1-40-12-21-54(44(5)30-40)48-16-25-64-59(34-48)60-35-49(55-22-13-41(2)31-45(55)6)17-26-65(60)75(64)66-29-20-53(70(71,72)73)38-63(66)58-11-9-10-52(39-74)69(58)76-67-27-18-50(56-23-14-42(3)32-46(56)7)36-61(67)62-37-51(19-28-68(62)76)57-24-15-43(4)33-47(57)8/h9-38H,1-8H3. The second-order valence-electron chi connectivity index (χ2n) is 20.9. The highest BCUT2D eigenvalue weighted by Crippen LogP contribution is 2.46. The topological polar surface area (TPSA) is 33.6 Å².